The zero-order valence-corrected chi connectivity index (χ0v) is 18.4. The van der Waals surface area contributed by atoms with Gasteiger partial charge in [-0.1, -0.05) is 24.3 Å². The van der Waals surface area contributed by atoms with Crippen molar-refractivity contribution in [3.63, 3.8) is 0 Å². The fourth-order valence-corrected chi connectivity index (χ4v) is 4.31. The smallest absolute Gasteiger partial charge is 0.465 e. The largest absolute Gasteiger partial charge is 0.507 e. The molecule has 2 unspecified atom stereocenters. The van der Waals surface area contributed by atoms with Crippen LogP contribution in [0.15, 0.2) is 24.3 Å². The van der Waals surface area contributed by atoms with Crippen LogP contribution in [0.4, 0.5) is 4.79 Å². The third-order valence-corrected chi connectivity index (χ3v) is 5.95. The number of esters is 1. The standard InChI is InChI=1S/C21H30N2O6S/c1-4-28-20(25)17(10-9-16-8-6-5-7-14(16)2)22-15(3)19(24)23-11-12-30-13-18(23)29-21(26)27/h5-8,15,17-18,22H,4,9-13H2,1-3H3,(H,26,27)/t15-,17?,18?/m0/s1. The molecule has 0 bridgehead atoms. The molecule has 9 heteroatoms. The lowest BCUT2D eigenvalue weighted by atomic mass is 10.0. The van der Waals surface area contributed by atoms with Gasteiger partial charge in [0.2, 0.25) is 5.91 Å². The van der Waals surface area contributed by atoms with Gasteiger partial charge in [-0.25, -0.2) is 4.79 Å². The van der Waals surface area contributed by atoms with Gasteiger partial charge in [0.15, 0.2) is 6.23 Å². The van der Waals surface area contributed by atoms with Crippen LogP contribution in [0.1, 0.15) is 31.4 Å². The molecule has 1 aromatic carbocycles. The maximum absolute atomic E-state index is 13.0. The Morgan fingerprint density at radius 1 is 1.33 bits per heavy atom. The van der Waals surface area contributed by atoms with Crippen molar-refractivity contribution >= 4 is 29.8 Å². The molecular formula is C21H30N2O6S. The first-order chi connectivity index (χ1) is 14.3. The summed E-state index contributed by atoms with van der Waals surface area (Å²) in [7, 11) is 0. The van der Waals surface area contributed by atoms with E-state index in [2.05, 4.69) is 5.32 Å². The van der Waals surface area contributed by atoms with E-state index in [9.17, 15) is 14.4 Å². The number of benzene rings is 1. The Labute approximate surface area is 181 Å². The molecule has 166 valence electrons. The topological polar surface area (TPSA) is 105 Å². The molecule has 1 aliphatic heterocycles. The van der Waals surface area contributed by atoms with E-state index < -0.39 is 30.4 Å². The molecule has 30 heavy (non-hydrogen) atoms. The molecule has 8 nitrogen and oxygen atoms in total. The number of carboxylic acid groups (broad SMARTS) is 1. The van der Waals surface area contributed by atoms with Crippen LogP contribution in [0.25, 0.3) is 0 Å². The summed E-state index contributed by atoms with van der Waals surface area (Å²) in [6.45, 7) is 6.07. The van der Waals surface area contributed by atoms with Crippen LogP contribution >= 0.6 is 11.8 Å². The molecule has 2 rings (SSSR count). The minimum absolute atomic E-state index is 0.252. The average Bonchev–Trinajstić information content (AvgIpc) is 2.71. The van der Waals surface area contributed by atoms with Crippen molar-refractivity contribution < 1.29 is 29.0 Å². The summed E-state index contributed by atoms with van der Waals surface area (Å²) in [4.78, 5) is 37.8. The van der Waals surface area contributed by atoms with Crippen LogP contribution in [0.2, 0.25) is 0 Å². The number of rotatable bonds is 9. The van der Waals surface area contributed by atoms with Crippen molar-refractivity contribution in [3.05, 3.63) is 35.4 Å². The average molecular weight is 439 g/mol. The number of hydrogen-bond donors (Lipinski definition) is 2. The highest BCUT2D eigenvalue weighted by Gasteiger charge is 2.34. The highest BCUT2D eigenvalue weighted by molar-refractivity contribution is 7.99. The van der Waals surface area contributed by atoms with Gasteiger partial charge in [-0.05, 0) is 44.7 Å². The summed E-state index contributed by atoms with van der Waals surface area (Å²) < 4.78 is 10.1. The third kappa shape index (κ3) is 6.91. The number of nitrogens with zero attached hydrogens (tertiary/aromatic N) is 1. The fraction of sp³-hybridized carbons (Fsp3) is 0.571. The van der Waals surface area contributed by atoms with Crippen LogP contribution in [0.3, 0.4) is 0 Å². The number of ether oxygens (including phenoxy) is 2. The molecule has 1 fully saturated rings. The van der Waals surface area contributed by atoms with Gasteiger partial charge in [-0.2, -0.15) is 11.8 Å². The maximum atomic E-state index is 13.0. The van der Waals surface area contributed by atoms with Crippen LogP contribution in [0.5, 0.6) is 0 Å². The van der Waals surface area contributed by atoms with E-state index in [1.807, 2.05) is 31.2 Å². The normalized spacial score (nSPS) is 18.4. The number of hydrogen-bond acceptors (Lipinski definition) is 7. The Kier molecular flexibility index (Phi) is 9.45. The second-order valence-corrected chi connectivity index (χ2v) is 8.25. The summed E-state index contributed by atoms with van der Waals surface area (Å²) in [5, 5.41) is 12.0. The number of nitrogens with one attached hydrogen (secondary N) is 1. The van der Waals surface area contributed by atoms with E-state index in [0.717, 1.165) is 11.1 Å². The summed E-state index contributed by atoms with van der Waals surface area (Å²) >= 11 is 1.53. The van der Waals surface area contributed by atoms with Crippen molar-refractivity contribution in [2.45, 2.75) is 51.9 Å². The Hall–Kier alpha value is -2.26. The number of thioether (sulfide) groups is 1. The number of carbonyl (C=O) groups is 3. The maximum Gasteiger partial charge on any atom is 0.507 e. The summed E-state index contributed by atoms with van der Waals surface area (Å²) in [6.07, 6.45) is -1.10. The summed E-state index contributed by atoms with van der Waals surface area (Å²) in [5.41, 5.74) is 2.28. The molecule has 1 aromatic rings. The van der Waals surface area contributed by atoms with Gasteiger partial charge in [0.25, 0.3) is 0 Å². The minimum atomic E-state index is -1.41. The second-order valence-electron chi connectivity index (χ2n) is 7.10. The zero-order chi connectivity index (χ0) is 22.1. The van der Waals surface area contributed by atoms with Gasteiger partial charge < -0.3 is 19.5 Å². The van der Waals surface area contributed by atoms with Gasteiger partial charge in [-0.15, -0.1) is 0 Å². The SMILES string of the molecule is CCOC(=O)C(CCc1ccccc1C)N[C@@H](C)C(=O)N1CCSCC1OC(=O)O. The van der Waals surface area contributed by atoms with Crippen LogP contribution in [0, 0.1) is 6.92 Å². The van der Waals surface area contributed by atoms with Gasteiger partial charge >= 0.3 is 12.1 Å². The molecule has 0 aliphatic carbocycles. The Balaban J connectivity index is 2.05. The molecule has 1 aliphatic rings. The quantitative estimate of drug-likeness (QED) is 0.567. The molecule has 1 amide bonds. The molecular weight excluding hydrogens is 408 g/mol. The highest BCUT2D eigenvalue weighted by atomic mass is 32.2. The van der Waals surface area contributed by atoms with E-state index in [1.54, 1.807) is 13.8 Å². The summed E-state index contributed by atoms with van der Waals surface area (Å²) in [5.74, 6) is 0.385. The fourth-order valence-electron chi connectivity index (χ4n) is 3.37. The summed E-state index contributed by atoms with van der Waals surface area (Å²) in [6, 6.07) is 6.61. The molecule has 1 saturated heterocycles. The van der Waals surface area contributed by atoms with E-state index in [-0.39, 0.29) is 12.5 Å². The first-order valence-corrected chi connectivity index (χ1v) is 11.2. The Morgan fingerprint density at radius 3 is 2.73 bits per heavy atom. The van der Waals surface area contributed by atoms with Gasteiger partial charge in [-0.3, -0.25) is 14.9 Å². The Bertz CT molecular complexity index is 744. The predicted molar refractivity (Wildman–Crippen MR) is 114 cm³/mol. The predicted octanol–water partition coefficient (Wildman–Crippen LogP) is 2.43. The van der Waals surface area contributed by atoms with Crippen LogP contribution in [-0.4, -0.2) is 71.0 Å². The van der Waals surface area contributed by atoms with E-state index >= 15 is 0 Å². The monoisotopic (exact) mass is 438 g/mol. The van der Waals surface area contributed by atoms with Crippen molar-refractivity contribution in [2.75, 3.05) is 24.7 Å². The first kappa shape index (κ1) is 24.0. The number of carbonyl (C=O) groups excluding carboxylic acids is 2. The lowest BCUT2D eigenvalue weighted by Crippen LogP contribution is -2.56. The third-order valence-electron chi connectivity index (χ3n) is 4.96. The van der Waals surface area contributed by atoms with Gasteiger partial charge in [0, 0.05) is 12.3 Å². The lowest BCUT2D eigenvalue weighted by Gasteiger charge is -2.36. The molecule has 0 saturated carbocycles. The Morgan fingerprint density at radius 2 is 2.07 bits per heavy atom. The van der Waals surface area contributed by atoms with Crippen molar-refractivity contribution in [1.29, 1.82) is 0 Å². The molecule has 0 aromatic heterocycles. The number of aryl methyl sites for hydroxylation is 2. The molecule has 0 radical (unpaired) electrons. The molecule has 0 spiro atoms. The number of amides is 1. The van der Waals surface area contributed by atoms with Crippen molar-refractivity contribution in [3.8, 4) is 0 Å². The van der Waals surface area contributed by atoms with Gasteiger partial charge in [0.1, 0.15) is 6.04 Å². The molecule has 3 atom stereocenters. The lowest BCUT2D eigenvalue weighted by molar-refractivity contribution is -0.147. The van der Waals surface area contributed by atoms with Crippen molar-refractivity contribution in [2.24, 2.45) is 0 Å². The first-order valence-electron chi connectivity index (χ1n) is 10.1. The highest BCUT2D eigenvalue weighted by Crippen LogP contribution is 2.19. The molecule has 2 N–H and O–H groups in total. The minimum Gasteiger partial charge on any atom is -0.465 e. The van der Waals surface area contributed by atoms with Crippen LogP contribution < -0.4 is 5.32 Å². The van der Waals surface area contributed by atoms with Gasteiger partial charge in [0.05, 0.1) is 18.4 Å². The van der Waals surface area contributed by atoms with Crippen molar-refractivity contribution in [1.82, 2.24) is 10.2 Å². The van der Waals surface area contributed by atoms with Crippen LogP contribution in [-0.2, 0) is 25.5 Å². The zero-order valence-electron chi connectivity index (χ0n) is 17.6. The van der Waals surface area contributed by atoms with E-state index in [4.69, 9.17) is 14.6 Å². The van der Waals surface area contributed by atoms with E-state index in [1.165, 1.54) is 16.7 Å². The molecule has 1 heterocycles. The second kappa shape index (κ2) is 11.8. The van der Waals surface area contributed by atoms with E-state index in [0.29, 0.717) is 30.9 Å².